The molecule has 1 atom stereocenters. The first kappa shape index (κ1) is 29.1. The second kappa shape index (κ2) is 12.7. The predicted molar refractivity (Wildman–Crippen MR) is 167 cm³/mol. The third-order valence-electron chi connectivity index (χ3n) is 7.33. The van der Waals surface area contributed by atoms with Gasteiger partial charge in [-0.2, -0.15) is 5.10 Å². The van der Waals surface area contributed by atoms with E-state index in [1.165, 1.54) is 40.9 Å². The average molecular weight is 611 g/mol. The molecule has 10 heteroatoms. The first-order valence-electron chi connectivity index (χ1n) is 13.9. The van der Waals surface area contributed by atoms with Gasteiger partial charge in [-0.15, -0.1) is 11.8 Å². The molecule has 0 spiro atoms. The molecule has 1 aliphatic rings. The molecule has 1 aromatic heterocycles. The lowest BCUT2D eigenvalue weighted by Gasteiger charge is -2.23. The normalized spacial score (nSPS) is 14.6. The van der Waals surface area contributed by atoms with Crippen molar-refractivity contribution in [1.82, 2.24) is 15.1 Å². The highest BCUT2D eigenvalue weighted by molar-refractivity contribution is 8.00. The molecule has 0 radical (unpaired) electrons. The van der Waals surface area contributed by atoms with E-state index in [4.69, 9.17) is 9.84 Å². The van der Waals surface area contributed by atoms with Crippen molar-refractivity contribution in [2.24, 2.45) is 0 Å². The molecule has 222 valence electrons. The highest BCUT2D eigenvalue weighted by atomic mass is 32.2. The minimum Gasteiger partial charge on any atom is -0.496 e. The zero-order chi connectivity index (χ0) is 30.6. The fourth-order valence-electron chi connectivity index (χ4n) is 5.22. The largest absolute Gasteiger partial charge is 0.496 e. The van der Waals surface area contributed by atoms with Crippen LogP contribution in [0.3, 0.4) is 0 Å². The summed E-state index contributed by atoms with van der Waals surface area (Å²) >= 11 is 1.43. The molecule has 4 aromatic carbocycles. The van der Waals surface area contributed by atoms with Crippen LogP contribution in [0, 0.1) is 11.6 Å². The Morgan fingerprint density at radius 3 is 2.30 bits per heavy atom. The quantitative estimate of drug-likeness (QED) is 0.223. The van der Waals surface area contributed by atoms with Gasteiger partial charge in [-0.1, -0.05) is 60.7 Å². The summed E-state index contributed by atoms with van der Waals surface area (Å²) in [4.78, 5) is 28.7. The Kier molecular flexibility index (Phi) is 8.42. The van der Waals surface area contributed by atoms with E-state index in [1.807, 2.05) is 54.6 Å². The molecule has 1 aliphatic heterocycles. The maximum absolute atomic E-state index is 14.0. The van der Waals surface area contributed by atoms with Gasteiger partial charge < -0.3 is 10.1 Å². The number of fused-ring (bicyclic) bond motifs is 1. The van der Waals surface area contributed by atoms with Gasteiger partial charge in [-0.25, -0.2) is 13.5 Å². The van der Waals surface area contributed by atoms with Gasteiger partial charge in [0.2, 0.25) is 11.8 Å². The predicted octanol–water partition coefficient (Wildman–Crippen LogP) is 6.31. The Labute approximate surface area is 257 Å². The summed E-state index contributed by atoms with van der Waals surface area (Å²) in [6, 6.07) is 28.9. The SMILES string of the molecule is COc1ccccc1[C@@H]1SCC(=O)N(CC(=O)NCc2ccc(F)cc2)c2c1c(-c1ccccc1)nn2-c1ccc(F)cc1. The Balaban J connectivity index is 1.51. The maximum Gasteiger partial charge on any atom is 0.240 e. The van der Waals surface area contributed by atoms with Crippen LogP contribution in [0.2, 0.25) is 0 Å². The first-order valence-corrected chi connectivity index (χ1v) is 15.0. The molecule has 7 nitrogen and oxygen atoms in total. The van der Waals surface area contributed by atoms with Crippen molar-refractivity contribution in [3.05, 3.63) is 131 Å². The van der Waals surface area contributed by atoms with Gasteiger partial charge in [0.05, 0.1) is 29.5 Å². The minimum absolute atomic E-state index is 0.0836. The smallest absolute Gasteiger partial charge is 0.240 e. The van der Waals surface area contributed by atoms with E-state index in [1.54, 1.807) is 36.1 Å². The molecule has 0 fully saturated rings. The zero-order valence-corrected chi connectivity index (χ0v) is 24.6. The topological polar surface area (TPSA) is 76.5 Å². The van der Waals surface area contributed by atoms with Gasteiger partial charge >= 0.3 is 0 Å². The Bertz CT molecular complexity index is 1790. The van der Waals surface area contributed by atoms with Crippen LogP contribution in [0.25, 0.3) is 16.9 Å². The molecular weight excluding hydrogens is 582 g/mol. The number of carbonyl (C=O) groups excluding carboxylic acids is 2. The number of aromatic nitrogens is 2. The van der Waals surface area contributed by atoms with E-state index >= 15 is 0 Å². The van der Waals surface area contributed by atoms with Gasteiger partial charge in [0.25, 0.3) is 0 Å². The number of benzene rings is 4. The van der Waals surface area contributed by atoms with Gasteiger partial charge in [0, 0.05) is 23.2 Å². The van der Waals surface area contributed by atoms with Gasteiger partial charge in [0.15, 0.2) is 0 Å². The molecule has 44 heavy (non-hydrogen) atoms. The summed E-state index contributed by atoms with van der Waals surface area (Å²) < 4.78 is 34.7. The molecule has 0 bridgehead atoms. The van der Waals surface area contributed by atoms with Crippen molar-refractivity contribution in [1.29, 1.82) is 0 Å². The molecular formula is C34H28F2N4O3S. The zero-order valence-electron chi connectivity index (χ0n) is 23.7. The lowest BCUT2D eigenvalue weighted by atomic mass is 9.99. The summed E-state index contributed by atoms with van der Waals surface area (Å²) in [5, 5.41) is 7.46. The van der Waals surface area contributed by atoms with Crippen molar-refractivity contribution in [3.63, 3.8) is 0 Å². The highest BCUT2D eigenvalue weighted by Gasteiger charge is 2.38. The second-order valence-corrected chi connectivity index (χ2v) is 11.2. The molecule has 0 unspecified atom stereocenters. The molecule has 2 heterocycles. The van der Waals surface area contributed by atoms with Crippen LogP contribution < -0.4 is 15.0 Å². The fourth-order valence-corrected chi connectivity index (χ4v) is 6.44. The van der Waals surface area contributed by atoms with Crippen molar-refractivity contribution in [3.8, 4) is 22.7 Å². The molecule has 0 saturated heterocycles. The summed E-state index contributed by atoms with van der Waals surface area (Å²) in [7, 11) is 1.60. The van der Waals surface area contributed by atoms with Crippen molar-refractivity contribution < 1.29 is 23.1 Å². The molecule has 2 amide bonds. The highest BCUT2D eigenvalue weighted by Crippen LogP contribution is 2.50. The standard InChI is InChI=1S/C34H28F2N4O3S/c1-43-28-10-6-5-9-27(28)33-31-32(23-7-3-2-4-8-23)38-40(26-17-15-25(36)16-18-26)34(31)39(30(42)21-44-33)20-29(41)37-19-22-11-13-24(35)14-12-22/h2-18,33H,19-21H2,1H3,(H,37,41)/t33-/m0/s1. The van der Waals surface area contributed by atoms with Gasteiger partial charge in [0.1, 0.15) is 29.7 Å². The molecule has 0 saturated carbocycles. The first-order chi connectivity index (χ1) is 21.4. The summed E-state index contributed by atoms with van der Waals surface area (Å²) in [6.45, 7) is -0.119. The number of carbonyl (C=O) groups is 2. The van der Waals surface area contributed by atoms with Crippen LogP contribution in [-0.4, -0.2) is 41.0 Å². The third-order valence-corrected chi connectivity index (χ3v) is 8.57. The lowest BCUT2D eigenvalue weighted by Crippen LogP contribution is -2.42. The molecule has 0 aliphatic carbocycles. The maximum atomic E-state index is 14.0. The van der Waals surface area contributed by atoms with E-state index in [0.29, 0.717) is 22.9 Å². The number of nitrogens with one attached hydrogen (secondary N) is 1. The number of nitrogens with zero attached hydrogens (tertiary/aromatic N) is 3. The van der Waals surface area contributed by atoms with E-state index in [2.05, 4.69) is 5.32 Å². The van der Waals surface area contributed by atoms with Crippen LogP contribution in [0.4, 0.5) is 14.6 Å². The van der Waals surface area contributed by atoms with Crippen LogP contribution in [-0.2, 0) is 16.1 Å². The number of thioether (sulfide) groups is 1. The number of hydrogen-bond donors (Lipinski definition) is 1. The second-order valence-electron chi connectivity index (χ2n) is 10.2. The number of hydrogen-bond acceptors (Lipinski definition) is 5. The number of rotatable bonds is 8. The number of methoxy groups -OCH3 is 1. The fraction of sp³-hybridized carbons (Fsp3) is 0.147. The van der Waals surface area contributed by atoms with Crippen LogP contribution >= 0.6 is 11.8 Å². The number of para-hydroxylation sites is 1. The average Bonchev–Trinajstić information content (AvgIpc) is 3.38. The van der Waals surface area contributed by atoms with Crippen LogP contribution in [0.15, 0.2) is 103 Å². The van der Waals surface area contributed by atoms with Crippen LogP contribution in [0.5, 0.6) is 5.75 Å². The summed E-state index contributed by atoms with van der Waals surface area (Å²) in [5.74, 6) is -0.309. The molecule has 5 aromatic rings. The van der Waals surface area contributed by atoms with Gasteiger partial charge in [-0.05, 0) is 48.0 Å². The van der Waals surface area contributed by atoms with E-state index in [-0.39, 0.29) is 35.8 Å². The summed E-state index contributed by atoms with van der Waals surface area (Å²) in [5.41, 5.74) is 4.27. The van der Waals surface area contributed by atoms with Crippen molar-refractivity contribution in [2.45, 2.75) is 11.8 Å². The lowest BCUT2D eigenvalue weighted by molar-refractivity contribution is -0.123. The Hall–Kier alpha value is -4.96. The van der Waals surface area contributed by atoms with E-state index in [0.717, 1.165) is 22.3 Å². The minimum atomic E-state index is -0.411. The number of ether oxygens (including phenoxy) is 1. The molecule has 6 rings (SSSR count). The number of anilines is 1. The van der Waals surface area contributed by atoms with Crippen LogP contribution in [0.1, 0.15) is 21.9 Å². The van der Waals surface area contributed by atoms with E-state index in [9.17, 15) is 18.4 Å². The Morgan fingerprint density at radius 1 is 0.932 bits per heavy atom. The molecule has 1 N–H and O–H groups in total. The van der Waals surface area contributed by atoms with Gasteiger partial charge in [-0.3, -0.25) is 14.5 Å². The monoisotopic (exact) mass is 610 g/mol. The van der Waals surface area contributed by atoms with E-state index < -0.39 is 11.7 Å². The third kappa shape index (κ3) is 5.93. The Morgan fingerprint density at radius 2 is 1.59 bits per heavy atom. The number of halogens is 2. The van der Waals surface area contributed by atoms with Crippen molar-refractivity contribution in [2.75, 3.05) is 24.3 Å². The number of amides is 2. The van der Waals surface area contributed by atoms with Crippen molar-refractivity contribution >= 4 is 29.4 Å². The summed E-state index contributed by atoms with van der Waals surface area (Å²) in [6.07, 6.45) is 0.